The second-order valence-corrected chi connectivity index (χ2v) is 9.35. The van der Waals surface area contributed by atoms with E-state index < -0.39 is 50.4 Å². The predicted octanol–water partition coefficient (Wildman–Crippen LogP) is 5.83. The van der Waals surface area contributed by atoms with Gasteiger partial charge >= 0.3 is 0 Å². The molecule has 0 saturated heterocycles. The van der Waals surface area contributed by atoms with Crippen LogP contribution in [0.2, 0.25) is 0 Å². The van der Waals surface area contributed by atoms with Crippen LogP contribution in [0.5, 0.6) is 0 Å². The first-order chi connectivity index (χ1) is 16.7. The van der Waals surface area contributed by atoms with E-state index in [4.69, 9.17) is 0 Å². The third-order valence-electron chi connectivity index (χ3n) is 4.86. The molecule has 12 heteroatoms. The standard InChI is InChI=1S/C23H19F4N5O2S/c1-2-10-35(33,34)32-18-9-7-16(26)23(21(18)27)29-13-6-8-17-19(11-13)30-20(12-28-17)31-22-14(24)4-3-5-15(22)25/h3-9,11-12,29,32H,2,10H2,1H3,(H,30,31). The number of halogens is 4. The highest BCUT2D eigenvalue weighted by Crippen LogP contribution is 2.30. The van der Waals surface area contributed by atoms with Crippen LogP contribution in [0, 0.1) is 23.3 Å². The van der Waals surface area contributed by atoms with Crippen LogP contribution >= 0.6 is 0 Å². The van der Waals surface area contributed by atoms with Crippen molar-refractivity contribution in [3.05, 3.63) is 78.0 Å². The van der Waals surface area contributed by atoms with E-state index in [0.29, 0.717) is 11.9 Å². The number of fused-ring (bicyclic) bond motifs is 1. The molecule has 0 spiro atoms. The monoisotopic (exact) mass is 505 g/mol. The molecule has 35 heavy (non-hydrogen) atoms. The van der Waals surface area contributed by atoms with E-state index in [1.54, 1.807) is 6.92 Å². The molecule has 3 aromatic carbocycles. The van der Waals surface area contributed by atoms with Gasteiger partial charge in [0.15, 0.2) is 5.82 Å². The van der Waals surface area contributed by atoms with E-state index in [-0.39, 0.29) is 22.8 Å². The van der Waals surface area contributed by atoms with Crippen molar-refractivity contribution in [2.45, 2.75) is 13.3 Å². The molecule has 0 fully saturated rings. The number of sulfonamides is 1. The maximum Gasteiger partial charge on any atom is 0.232 e. The number of aromatic nitrogens is 2. The predicted molar refractivity (Wildman–Crippen MR) is 127 cm³/mol. The zero-order valence-corrected chi connectivity index (χ0v) is 19.1. The van der Waals surface area contributed by atoms with Crippen molar-refractivity contribution in [3.8, 4) is 0 Å². The van der Waals surface area contributed by atoms with Crippen LogP contribution in [-0.4, -0.2) is 24.1 Å². The first kappa shape index (κ1) is 24.2. The second kappa shape index (κ2) is 9.74. The Morgan fingerprint density at radius 3 is 2.29 bits per heavy atom. The van der Waals surface area contributed by atoms with Crippen LogP contribution in [-0.2, 0) is 10.0 Å². The van der Waals surface area contributed by atoms with E-state index in [2.05, 4.69) is 25.3 Å². The van der Waals surface area contributed by atoms with Gasteiger partial charge in [0.1, 0.15) is 34.6 Å². The molecule has 0 radical (unpaired) electrons. The van der Waals surface area contributed by atoms with Crippen LogP contribution in [0.4, 0.5) is 46.1 Å². The molecule has 0 aliphatic heterocycles. The lowest BCUT2D eigenvalue weighted by molar-refractivity contribution is 0.588. The third-order valence-corrected chi connectivity index (χ3v) is 6.33. The number of anilines is 5. The summed E-state index contributed by atoms with van der Waals surface area (Å²) < 4.78 is 83.3. The van der Waals surface area contributed by atoms with Crippen molar-refractivity contribution >= 4 is 49.6 Å². The summed E-state index contributed by atoms with van der Waals surface area (Å²) in [6, 6.07) is 9.77. The largest absolute Gasteiger partial charge is 0.351 e. The Morgan fingerprint density at radius 2 is 1.57 bits per heavy atom. The molecule has 4 aromatic rings. The molecule has 0 amide bonds. The summed E-state index contributed by atoms with van der Waals surface area (Å²) in [7, 11) is -3.79. The fraction of sp³-hybridized carbons (Fsp3) is 0.130. The average Bonchev–Trinajstić information content (AvgIpc) is 2.81. The first-order valence-electron chi connectivity index (χ1n) is 10.4. The molecule has 4 rings (SSSR count). The van der Waals surface area contributed by atoms with Gasteiger partial charge in [0.05, 0.1) is 28.7 Å². The van der Waals surface area contributed by atoms with Crippen molar-refractivity contribution < 1.29 is 26.0 Å². The summed E-state index contributed by atoms with van der Waals surface area (Å²) in [5.74, 6) is -3.88. The van der Waals surface area contributed by atoms with E-state index in [9.17, 15) is 26.0 Å². The van der Waals surface area contributed by atoms with Crippen molar-refractivity contribution in [3.63, 3.8) is 0 Å². The SMILES string of the molecule is CCCS(=O)(=O)Nc1ccc(F)c(Nc2ccc3ncc(Nc4c(F)cccc4F)nc3c2)c1F. The highest BCUT2D eigenvalue weighted by molar-refractivity contribution is 7.92. The van der Waals surface area contributed by atoms with Crippen molar-refractivity contribution in [1.29, 1.82) is 0 Å². The number of benzene rings is 3. The van der Waals surface area contributed by atoms with Gasteiger partial charge in [0.25, 0.3) is 0 Å². The van der Waals surface area contributed by atoms with E-state index in [1.165, 1.54) is 30.5 Å². The molecule has 0 aliphatic carbocycles. The molecule has 0 aliphatic rings. The highest BCUT2D eigenvalue weighted by atomic mass is 32.2. The zero-order chi connectivity index (χ0) is 25.2. The number of hydrogen-bond acceptors (Lipinski definition) is 6. The van der Waals surface area contributed by atoms with Crippen LogP contribution in [0.1, 0.15) is 13.3 Å². The summed E-state index contributed by atoms with van der Waals surface area (Å²) >= 11 is 0. The maximum absolute atomic E-state index is 14.9. The Morgan fingerprint density at radius 1 is 0.857 bits per heavy atom. The fourth-order valence-electron chi connectivity index (χ4n) is 3.27. The lowest BCUT2D eigenvalue weighted by Crippen LogP contribution is -2.17. The van der Waals surface area contributed by atoms with Gasteiger partial charge in [-0.2, -0.15) is 0 Å². The molecule has 0 atom stereocenters. The lowest BCUT2D eigenvalue weighted by atomic mass is 10.2. The average molecular weight is 505 g/mol. The van der Waals surface area contributed by atoms with Gasteiger partial charge in [0, 0.05) is 5.69 Å². The quantitative estimate of drug-likeness (QED) is 0.261. The van der Waals surface area contributed by atoms with E-state index in [1.807, 2.05) is 0 Å². The van der Waals surface area contributed by atoms with Gasteiger partial charge in [-0.3, -0.25) is 9.71 Å². The Balaban J connectivity index is 1.64. The molecular formula is C23H19F4N5O2S. The number of rotatable bonds is 8. The number of nitrogens with one attached hydrogen (secondary N) is 3. The minimum absolute atomic E-state index is 0.0448. The van der Waals surface area contributed by atoms with Gasteiger partial charge in [-0.15, -0.1) is 0 Å². The van der Waals surface area contributed by atoms with Crippen LogP contribution in [0.3, 0.4) is 0 Å². The lowest BCUT2D eigenvalue weighted by Gasteiger charge is -2.14. The van der Waals surface area contributed by atoms with Crippen LogP contribution < -0.4 is 15.4 Å². The molecule has 182 valence electrons. The summed E-state index contributed by atoms with van der Waals surface area (Å²) in [4.78, 5) is 8.43. The Hall–Kier alpha value is -3.93. The Kier molecular flexibility index (Phi) is 6.74. The molecular weight excluding hydrogens is 486 g/mol. The van der Waals surface area contributed by atoms with Gasteiger partial charge in [0.2, 0.25) is 10.0 Å². The summed E-state index contributed by atoms with van der Waals surface area (Å²) in [6.07, 6.45) is 1.61. The molecule has 0 unspecified atom stereocenters. The molecule has 1 heterocycles. The zero-order valence-electron chi connectivity index (χ0n) is 18.2. The van der Waals surface area contributed by atoms with Crippen LogP contribution in [0.25, 0.3) is 11.0 Å². The highest BCUT2D eigenvalue weighted by Gasteiger charge is 2.18. The molecule has 0 bridgehead atoms. The Bertz CT molecular complexity index is 1500. The maximum atomic E-state index is 14.9. The van der Waals surface area contributed by atoms with Gasteiger partial charge in [-0.25, -0.2) is 31.0 Å². The van der Waals surface area contributed by atoms with Gasteiger partial charge in [-0.1, -0.05) is 13.0 Å². The van der Waals surface area contributed by atoms with Crippen molar-refractivity contribution in [1.82, 2.24) is 9.97 Å². The number of nitrogens with zero attached hydrogens (tertiary/aromatic N) is 2. The van der Waals surface area contributed by atoms with Gasteiger partial charge in [-0.05, 0) is 48.9 Å². The number of hydrogen-bond donors (Lipinski definition) is 3. The number of para-hydroxylation sites is 1. The molecule has 7 nitrogen and oxygen atoms in total. The van der Waals surface area contributed by atoms with Gasteiger partial charge < -0.3 is 10.6 Å². The topological polar surface area (TPSA) is 96.0 Å². The summed E-state index contributed by atoms with van der Waals surface area (Å²) in [5, 5.41) is 5.12. The fourth-order valence-corrected chi connectivity index (χ4v) is 4.40. The summed E-state index contributed by atoms with van der Waals surface area (Å²) in [6.45, 7) is 1.66. The summed E-state index contributed by atoms with van der Waals surface area (Å²) in [5.41, 5.74) is -0.484. The van der Waals surface area contributed by atoms with E-state index in [0.717, 1.165) is 24.3 Å². The normalized spacial score (nSPS) is 11.5. The third kappa shape index (κ3) is 5.43. The first-order valence-corrected chi connectivity index (χ1v) is 12.1. The van der Waals surface area contributed by atoms with Crippen LogP contribution in [0.15, 0.2) is 54.7 Å². The second-order valence-electron chi connectivity index (χ2n) is 7.51. The van der Waals surface area contributed by atoms with E-state index >= 15 is 0 Å². The van der Waals surface area contributed by atoms with Crippen molar-refractivity contribution in [2.24, 2.45) is 0 Å². The molecule has 1 aromatic heterocycles. The minimum Gasteiger partial charge on any atom is -0.351 e. The minimum atomic E-state index is -3.79. The smallest absolute Gasteiger partial charge is 0.232 e. The molecule has 0 saturated carbocycles. The van der Waals surface area contributed by atoms with Crippen molar-refractivity contribution in [2.75, 3.05) is 21.1 Å². The Labute approximate surface area is 198 Å². The molecule has 3 N–H and O–H groups in total.